The minimum atomic E-state index is -0.509. The normalized spacial score (nSPS) is 10.7. The Bertz CT molecular complexity index is 1510. The van der Waals surface area contributed by atoms with Gasteiger partial charge in [-0.25, -0.2) is 14.8 Å². The molecule has 0 saturated carbocycles. The van der Waals surface area contributed by atoms with Gasteiger partial charge in [0.1, 0.15) is 0 Å². The van der Waals surface area contributed by atoms with Crippen molar-refractivity contribution in [3.8, 4) is 11.1 Å². The maximum Gasteiger partial charge on any atom is 0.328 e. The highest BCUT2D eigenvalue weighted by Crippen LogP contribution is 2.22. The number of benzene rings is 1. The van der Waals surface area contributed by atoms with E-state index in [1.54, 1.807) is 49.4 Å². The fourth-order valence-corrected chi connectivity index (χ4v) is 3.42. The van der Waals surface area contributed by atoms with Crippen molar-refractivity contribution in [2.24, 2.45) is 0 Å². The molecule has 0 saturated heterocycles. The van der Waals surface area contributed by atoms with Crippen LogP contribution in [0.25, 0.3) is 22.2 Å². The maximum atomic E-state index is 12.9. The van der Waals surface area contributed by atoms with Crippen LogP contribution in [-0.4, -0.2) is 38.4 Å². The Morgan fingerprint density at radius 2 is 1.85 bits per heavy atom. The molecule has 3 heterocycles. The van der Waals surface area contributed by atoms with Gasteiger partial charge in [0, 0.05) is 37.1 Å². The Balaban J connectivity index is 1.68. The number of anilines is 1. The maximum absolute atomic E-state index is 12.9. The summed E-state index contributed by atoms with van der Waals surface area (Å²) in [6, 6.07) is 11.6. The number of hydrogen-bond donors (Lipinski definition) is 3. The standard InChI is InChI=1S/C23H20N6O4/c1-3-29-22(32)19-17(28-23(29)33)11-15(12-26-19)13-6-4-7-14(10-13)20(30)27-16-8-5-9-25-18(16)21(31)24-2/h4-12H,3H2,1-2H3,(H,24,31)(H,27,30)(H,28,33). The Morgan fingerprint density at radius 1 is 1.03 bits per heavy atom. The number of carbonyl (C=O) groups is 2. The van der Waals surface area contributed by atoms with Crippen LogP contribution in [0, 0.1) is 0 Å². The van der Waals surface area contributed by atoms with Crippen LogP contribution in [-0.2, 0) is 6.54 Å². The van der Waals surface area contributed by atoms with E-state index in [4.69, 9.17) is 0 Å². The number of nitrogens with zero attached hydrogens (tertiary/aromatic N) is 3. The molecule has 3 aromatic heterocycles. The first-order valence-electron chi connectivity index (χ1n) is 10.1. The van der Waals surface area contributed by atoms with Gasteiger partial charge in [-0.05, 0) is 42.8 Å². The minimum Gasteiger partial charge on any atom is -0.354 e. The monoisotopic (exact) mass is 444 g/mol. The number of H-pyrrole nitrogens is 1. The SMILES string of the molecule is CCn1c(=O)[nH]c2cc(-c3cccc(C(=O)Nc4cccnc4C(=O)NC)c3)cnc2c1=O. The van der Waals surface area contributed by atoms with E-state index in [0.29, 0.717) is 22.2 Å². The Hall–Kier alpha value is -4.60. The van der Waals surface area contributed by atoms with E-state index in [-0.39, 0.29) is 23.4 Å². The van der Waals surface area contributed by atoms with E-state index < -0.39 is 23.1 Å². The summed E-state index contributed by atoms with van der Waals surface area (Å²) >= 11 is 0. The number of nitrogens with one attached hydrogen (secondary N) is 3. The highest BCUT2D eigenvalue weighted by molar-refractivity contribution is 6.08. The van der Waals surface area contributed by atoms with Crippen LogP contribution < -0.4 is 21.9 Å². The van der Waals surface area contributed by atoms with E-state index in [9.17, 15) is 19.2 Å². The molecule has 0 spiro atoms. The fraction of sp³-hybridized carbons (Fsp3) is 0.130. The van der Waals surface area contributed by atoms with Crippen LogP contribution in [0.3, 0.4) is 0 Å². The van der Waals surface area contributed by atoms with Crippen molar-refractivity contribution in [1.29, 1.82) is 0 Å². The van der Waals surface area contributed by atoms with Gasteiger partial charge in [-0.3, -0.25) is 19.0 Å². The third kappa shape index (κ3) is 4.13. The van der Waals surface area contributed by atoms with Crippen molar-refractivity contribution in [2.45, 2.75) is 13.5 Å². The van der Waals surface area contributed by atoms with Crippen molar-refractivity contribution in [1.82, 2.24) is 24.8 Å². The second-order valence-electron chi connectivity index (χ2n) is 7.11. The topological polar surface area (TPSA) is 139 Å². The number of aromatic nitrogens is 4. The second kappa shape index (κ2) is 8.87. The molecule has 10 nitrogen and oxygen atoms in total. The molecule has 0 aliphatic rings. The highest BCUT2D eigenvalue weighted by Gasteiger charge is 2.15. The molecular formula is C23H20N6O4. The number of amides is 2. The lowest BCUT2D eigenvalue weighted by atomic mass is 10.0. The summed E-state index contributed by atoms with van der Waals surface area (Å²) < 4.78 is 1.07. The quantitative estimate of drug-likeness (QED) is 0.429. The number of hydrogen-bond acceptors (Lipinski definition) is 6. The van der Waals surface area contributed by atoms with Crippen LogP contribution in [0.1, 0.15) is 27.8 Å². The summed E-state index contributed by atoms with van der Waals surface area (Å²) in [4.78, 5) is 60.4. The number of fused-ring (bicyclic) bond motifs is 1. The van der Waals surface area contributed by atoms with Gasteiger partial charge < -0.3 is 15.6 Å². The summed E-state index contributed by atoms with van der Waals surface area (Å²) in [5.41, 5.74) is 1.51. The largest absolute Gasteiger partial charge is 0.354 e. The second-order valence-corrected chi connectivity index (χ2v) is 7.11. The van der Waals surface area contributed by atoms with Gasteiger partial charge in [-0.1, -0.05) is 12.1 Å². The predicted octanol–water partition coefficient (Wildman–Crippen LogP) is 1.78. The third-order valence-electron chi connectivity index (χ3n) is 5.09. The summed E-state index contributed by atoms with van der Waals surface area (Å²) in [5.74, 6) is -0.846. The van der Waals surface area contributed by atoms with Gasteiger partial charge in [0.15, 0.2) is 11.2 Å². The van der Waals surface area contributed by atoms with Gasteiger partial charge >= 0.3 is 5.69 Å². The lowest BCUT2D eigenvalue weighted by Crippen LogP contribution is -2.34. The van der Waals surface area contributed by atoms with Crippen molar-refractivity contribution >= 4 is 28.5 Å². The first kappa shape index (κ1) is 21.6. The van der Waals surface area contributed by atoms with Crippen LogP contribution in [0.5, 0.6) is 0 Å². The smallest absolute Gasteiger partial charge is 0.328 e. The van der Waals surface area contributed by atoms with Crippen molar-refractivity contribution in [3.05, 3.63) is 87.0 Å². The van der Waals surface area contributed by atoms with Gasteiger partial charge in [-0.15, -0.1) is 0 Å². The van der Waals surface area contributed by atoms with Crippen molar-refractivity contribution in [3.63, 3.8) is 0 Å². The molecule has 166 valence electrons. The van der Waals surface area contributed by atoms with Gasteiger partial charge in [0.2, 0.25) is 0 Å². The molecule has 0 atom stereocenters. The molecule has 0 unspecified atom stereocenters. The molecule has 1 aromatic carbocycles. The lowest BCUT2D eigenvalue weighted by Gasteiger charge is -2.10. The van der Waals surface area contributed by atoms with E-state index in [1.165, 1.54) is 19.4 Å². The average molecular weight is 444 g/mol. The van der Waals surface area contributed by atoms with Crippen molar-refractivity contribution in [2.75, 3.05) is 12.4 Å². The zero-order chi connectivity index (χ0) is 23.5. The molecule has 2 amide bonds. The molecule has 4 rings (SSSR count). The zero-order valence-electron chi connectivity index (χ0n) is 17.9. The van der Waals surface area contributed by atoms with Crippen LogP contribution in [0.2, 0.25) is 0 Å². The Kier molecular flexibility index (Phi) is 5.81. The number of rotatable bonds is 5. The average Bonchev–Trinajstić information content (AvgIpc) is 2.84. The van der Waals surface area contributed by atoms with E-state index >= 15 is 0 Å². The first-order valence-corrected chi connectivity index (χ1v) is 10.1. The molecule has 0 bridgehead atoms. The molecule has 4 aromatic rings. The lowest BCUT2D eigenvalue weighted by molar-refractivity contribution is 0.0959. The van der Waals surface area contributed by atoms with E-state index in [2.05, 4.69) is 25.6 Å². The Labute approximate surface area is 187 Å². The zero-order valence-corrected chi connectivity index (χ0v) is 17.9. The van der Waals surface area contributed by atoms with Gasteiger partial charge in [0.05, 0.1) is 11.2 Å². The summed E-state index contributed by atoms with van der Waals surface area (Å²) in [5, 5.41) is 5.19. The third-order valence-corrected chi connectivity index (χ3v) is 5.09. The number of carbonyl (C=O) groups excluding carboxylic acids is 2. The molecule has 0 radical (unpaired) electrons. The van der Waals surface area contributed by atoms with Crippen LogP contribution in [0.4, 0.5) is 5.69 Å². The molecule has 33 heavy (non-hydrogen) atoms. The molecule has 10 heteroatoms. The predicted molar refractivity (Wildman–Crippen MR) is 123 cm³/mol. The van der Waals surface area contributed by atoms with Crippen molar-refractivity contribution < 1.29 is 9.59 Å². The number of pyridine rings is 2. The molecule has 0 fully saturated rings. The molecule has 3 N–H and O–H groups in total. The summed E-state index contributed by atoms with van der Waals surface area (Å²) in [6.07, 6.45) is 2.98. The molecule has 0 aliphatic carbocycles. The summed E-state index contributed by atoms with van der Waals surface area (Å²) in [7, 11) is 1.48. The highest BCUT2D eigenvalue weighted by atomic mass is 16.2. The molecular weight excluding hydrogens is 424 g/mol. The van der Waals surface area contributed by atoms with E-state index in [0.717, 1.165) is 4.57 Å². The first-order chi connectivity index (χ1) is 15.9. The van der Waals surface area contributed by atoms with Gasteiger partial charge in [0.25, 0.3) is 17.4 Å². The number of aromatic amines is 1. The van der Waals surface area contributed by atoms with Crippen LogP contribution >= 0.6 is 0 Å². The Morgan fingerprint density at radius 3 is 2.61 bits per heavy atom. The van der Waals surface area contributed by atoms with E-state index in [1.807, 2.05) is 0 Å². The fourth-order valence-electron chi connectivity index (χ4n) is 3.42. The van der Waals surface area contributed by atoms with Crippen LogP contribution in [0.15, 0.2) is 64.4 Å². The molecule has 0 aliphatic heterocycles. The minimum absolute atomic E-state index is 0.102. The summed E-state index contributed by atoms with van der Waals surface area (Å²) in [6.45, 7) is 1.94. The van der Waals surface area contributed by atoms with Gasteiger partial charge in [-0.2, -0.15) is 0 Å².